The minimum absolute atomic E-state index is 0.531. The van der Waals surface area contributed by atoms with Crippen LogP contribution in [0.2, 0.25) is 0 Å². The Hall–Kier alpha value is -1.28. The van der Waals surface area contributed by atoms with E-state index in [1.54, 1.807) is 0 Å². The summed E-state index contributed by atoms with van der Waals surface area (Å²) < 4.78 is 0. The first-order valence-corrected chi connectivity index (χ1v) is 6.10. The van der Waals surface area contributed by atoms with E-state index in [4.69, 9.17) is 0 Å². The highest BCUT2D eigenvalue weighted by atomic mass is 15.1. The molecule has 0 fully saturated rings. The lowest BCUT2D eigenvalue weighted by Crippen LogP contribution is -2.29. The molecule has 2 unspecified atom stereocenters. The maximum Gasteiger partial charge on any atom is 0.0381 e. The lowest BCUT2D eigenvalue weighted by Gasteiger charge is -2.26. The number of benzene rings is 1. The summed E-state index contributed by atoms with van der Waals surface area (Å²) in [6.07, 6.45) is 0. The molecule has 0 bridgehead atoms. The van der Waals surface area contributed by atoms with E-state index in [2.05, 4.69) is 69.0 Å². The molecular weight excluding hydrogens is 208 g/mol. The zero-order chi connectivity index (χ0) is 13.0. The summed E-state index contributed by atoms with van der Waals surface area (Å²) in [7, 11) is 4.25. The van der Waals surface area contributed by atoms with Crippen LogP contribution >= 0.6 is 0 Å². The van der Waals surface area contributed by atoms with Gasteiger partial charge in [-0.15, -0.1) is 0 Å². The highest BCUT2D eigenvalue weighted by molar-refractivity contribution is 5.48. The summed E-state index contributed by atoms with van der Waals surface area (Å²) in [5, 5.41) is 3.22. The van der Waals surface area contributed by atoms with Crippen LogP contribution in [0, 0.1) is 0 Å². The van der Waals surface area contributed by atoms with Gasteiger partial charge < -0.3 is 10.2 Å². The first kappa shape index (κ1) is 13.8. The van der Waals surface area contributed by atoms with Gasteiger partial charge in [0.1, 0.15) is 0 Å². The van der Waals surface area contributed by atoms with E-state index >= 15 is 0 Å². The van der Waals surface area contributed by atoms with E-state index in [0.717, 1.165) is 11.4 Å². The Labute approximate surface area is 105 Å². The molecule has 0 radical (unpaired) electrons. The van der Waals surface area contributed by atoms with Crippen LogP contribution in [0.3, 0.4) is 0 Å². The second-order valence-corrected chi connectivity index (χ2v) is 5.02. The van der Waals surface area contributed by atoms with Crippen molar-refractivity contribution in [2.45, 2.75) is 32.7 Å². The van der Waals surface area contributed by atoms with Gasteiger partial charge >= 0.3 is 0 Å². The summed E-state index contributed by atoms with van der Waals surface area (Å²) in [4.78, 5) is 2.25. The van der Waals surface area contributed by atoms with Gasteiger partial charge in [0.15, 0.2) is 0 Å². The van der Waals surface area contributed by atoms with Gasteiger partial charge in [-0.05, 0) is 51.6 Å². The minimum atomic E-state index is 0.531. The van der Waals surface area contributed by atoms with Gasteiger partial charge in [-0.1, -0.05) is 25.6 Å². The number of nitrogens with zero attached hydrogens (tertiary/aromatic N) is 1. The predicted octanol–water partition coefficient (Wildman–Crippen LogP) is 3.69. The van der Waals surface area contributed by atoms with Crippen molar-refractivity contribution in [3.63, 3.8) is 0 Å². The number of hydrogen-bond donors (Lipinski definition) is 1. The fourth-order valence-electron chi connectivity index (χ4n) is 1.84. The molecule has 17 heavy (non-hydrogen) atoms. The van der Waals surface area contributed by atoms with Crippen molar-refractivity contribution >= 4 is 5.69 Å². The molecule has 0 amide bonds. The van der Waals surface area contributed by atoms with Gasteiger partial charge in [0, 0.05) is 17.4 Å². The van der Waals surface area contributed by atoms with Crippen LogP contribution in [-0.2, 0) is 0 Å². The van der Waals surface area contributed by atoms with Gasteiger partial charge in [-0.3, -0.25) is 0 Å². The Morgan fingerprint density at radius 3 is 2.12 bits per heavy atom. The SMILES string of the molecule is C=C(C)Nc1ccc(C(C)C(C)N(C)C)cc1. The third-order valence-corrected chi connectivity index (χ3v) is 3.33. The average molecular weight is 232 g/mol. The molecule has 2 heteroatoms. The molecule has 0 saturated carbocycles. The molecule has 1 aromatic rings. The van der Waals surface area contributed by atoms with Crippen molar-refractivity contribution in [2.75, 3.05) is 19.4 Å². The largest absolute Gasteiger partial charge is 0.360 e. The average Bonchev–Trinajstić information content (AvgIpc) is 2.27. The second-order valence-electron chi connectivity index (χ2n) is 5.02. The van der Waals surface area contributed by atoms with E-state index in [9.17, 15) is 0 Å². The van der Waals surface area contributed by atoms with Crippen molar-refractivity contribution in [3.05, 3.63) is 42.1 Å². The molecule has 0 aliphatic carbocycles. The van der Waals surface area contributed by atoms with Crippen molar-refractivity contribution in [1.82, 2.24) is 4.90 Å². The van der Waals surface area contributed by atoms with Crippen LogP contribution in [0.5, 0.6) is 0 Å². The van der Waals surface area contributed by atoms with E-state index < -0.39 is 0 Å². The molecule has 2 atom stereocenters. The zero-order valence-corrected chi connectivity index (χ0v) is 11.6. The maximum absolute atomic E-state index is 3.84. The third-order valence-electron chi connectivity index (χ3n) is 3.33. The Morgan fingerprint density at radius 1 is 1.18 bits per heavy atom. The molecule has 0 saturated heterocycles. The second kappa shape index (κ2) is 5.87. The van der Waals surface area contributed by atoms with E-state index in [1.807, 2.05) is 6.92 Å². The molecule has 0 aliphatic heterocycles. The predicted molar refractivity (Wildman–Crippen MR) is 76.4 cm³/mol. The van der Waals surface area contributed by atoms with Crippen LogP contribution < -0.4 is 5.32 Å². The molecule has 0 spiro atoms. The lowest BCUT2D eigenvalue weighted by molar-refractivity contribution is 0.280. The van der Waals surface area contributed by atoms with Gasteiger partial charge in [-0.2, -0.15) is 0 Å². The number of rotatable bonds is 5. The van der Waals surface area contributed by atoms with Crippen LogP contribution in [0.4, 0.5) is 5.69 Å². The molecular formula is C15H24N2. The first-order chi connectivity index (χ1) is 7.91. The van der Waals surface area contributed by atoms with Gasteiger partial charge in [0.05, 0.1) is 0 Å². The van der Waals surface area contributed by atoms with Crippen molar-refractivity contribution < 1.29 is 0 Å². The third kappa shape index (κ3) is 3.90. The number of nitrogens with one attached hydrogen (secondary N) is 1. The Bertz CT molecular complexity index is 365. The van der Waals surface area contributed by atoms with Crippen LogP contribution in [-0.4, -0.2) is 25.0 Å². The molecule has 0 heterocycles. The number of allylic oxidation sites excluding steroid dienone is 1. The lowest BCUT2D eigenvalue weighted by atomic mass is 9.93. The standard InChI is InChI=1S/C15H24N2/c1-11(2)16-15-9-7-14(8-10-15)12(3)13(4)17(5)6/h7-10,12-13,16H,1H2,2-6H3. The summed E-state index contributed by atoms with van der Waals surface area (Å²) >= 11 is 0. The molecule has 1 rings (SSSR count). The van der Waals surface area contributed by atoms with E-state index in [-0.39, 0.29) is 0 Å². The number of anilines is 1. The fourth-order valence-corrected chi connectivity index (χ4v) is 1.84. The van der Waals surface area contributed by atoms with Gasteiger partial charge in [-0.25, -0.2) is 0 Å². The molecule has 1 N–H and O–H groups in total. The molecule has 94 valence electrons. The van der Waals surface area contributed by atoms with Gasteiger partial charge in [0.25, 0.3) is 0 Å². The Morgan fingerprint density at radius 2 is 1.71 bits per heavy atom. The Kier molecular flexibility index (Phi) is 4.76. The first-order valence-electron chi connectivity index (χ1n) is 6.10. The van der Waals surface area contributed by atoms with Crippen LogP contribution in [0.25, 0.3) is 0 Å². The molecule has 1 aromatic carbocycles. The highest BCUT2D eigenvalue weighted by Gasteiger charge is 2.15. The molecule has 0 aliphatic rings. The topological polar surface area (TPSA) is 15.3 Å². The fraction of sp³-hybridized carbons (Fsp3) is 0.467. The quantitative estimate of drug-likeness (QED) is 0.833. The summed E-state index contributed by atoms with van der Waals surface area (Å²) in [6.45, 7) is 10.3. The van der Waals surface area contributed by atoms with Crippen molar-refractivity contribution in [2.24, 2.45) is 0 Å². The van der Waals surface area contributed by atoms with E-state index in [1.165, 1.54) is 5.56 Å². The normalized spacial score (nSPS) is 14.5. The summed E-state index contributed by atoms with van der Waals surface area (Å²) in [6, 6.07) is 9.15. The minimum Gasteiger partial charge on any atom is -0.360 e. The van der Waals surface area contributed by atoms with E-state index in [0.29, 0.717) is 12.0 Å². The van der Waals surface area contributed by atoms with Crippen molar-refractivity contribution in [1.29, 1.82) is 0 Å². The maximum atomic E-state index is 3.84. The monoisotopic (exact) mass is 232 g/mol. The highest BCUT2D eigenvalue weighted by Crippen LogP contribution is 2.23. The molecule has 0 aromatic heterocycles. The van der Waals surface area contributed by atoms with Gasteiger partial charge in [0.2, 0.25) is 0 Å². The molecule has 2 nitrogen and oxygen atoms in total. The van der Waals surface area contributed by atoms with Crippen molar-refractivity contribution in [3.8, 4) is 0 Å². The number of hydrogen-bond acceptors (Lipinski definition) is 2. The summed E-state index contributed by atoms with van der Waals surface area (Å²) in [5.74, 6) is 0.531. The van der Waals surface area contributed by atoms with Crippen LogP contribution in [0.15, 0.2) is 36.5 Å². The number of likely N-dealkylation sites (N-methyl/N-ethyl adjacent to an activating group) is 1. The Balaban J connectivity index is 2.76. The van der Waals surface area contributed by atoms with Crippen LogP contribution in [0.1, 0.15) is 32.3 Å². The zero-order valence-electron chi connectivity index (χ0n) is 11.6. The summed E-state index contributed by atoms with van der Waals surface area (Å²) in [5.41, 5.74) is 3.44. The smallest absolute Gasteiger partial charge is 0.0381 e.